The molecule has 1 aromatic carbocycles. The molecule has 1 fully saturated rings. The van der Waals surface area contributed by atoms with E-state index in [1.807, 2.05) is 0 Å². The monoisotopic (exact) mass is 277 g/mol. The van der Waals surface area contributed by atoms with Gasteiger partial charge in [0, 0.05) is 17.7 Å². The second-order valence-corrected chi connectivity index (χ2v) is 5.73. The zero-order chi connectivity index (χ0) is 14.5. The molecule has 0 bridgehead atoms. The van der Waals surface area contributed by atoms with Crippen LogP contribution in [0.4, 0.5) is 4.39 Å². The van der Waals surface area contributed by atoms with Crippen LogP contribution in [0.2, 0.25) is 0 Å². The first-order valence-electron chi connectivity index (χ1n) is 7.45. The van der Waals surface area contributed by atoms with Crippen molar-refractivity contribution in [1.82, 2.24) is 4.90 Å². The lowest BCUT2D eigenvalue weighted by Crippen LogP contribution is -2.33. The first kappa shape index (κ1) is 15.0. The normalized spacial score (nSPS) is 17.3. The standard InChI is InChI=1S/C16H24FN3/c1-2-3-12-6-8-20(9-7-12)11-14-5-4-13(16(18)19)10-15(14)17/h4-5,10,12H,2-3,6-9,11H2,1H3,(H3,18,19). The van der Waals surface area contributed by atoms with E-state index in [9.17, 15) is 4.39 Å². The van der Waals surface area contributed by atoms with E-state index in [0.717, 1.165) is 19.0 Å². The summed E-state index contributed by atoms with van der Waals surface area (Å²) < 4.78 is 14.0. The Labute approximate surface area is 120 Å². The topological polar surface area (TPSA) is 53.1 Å². The lowest BCUT2D eigenvalue weighted by atomic mass is 9.92. The molecule has 0 amide bonds. The molecule has 1 aliphatic heterocycles. The largest absolute Gasteiger partial charge is 0.384 e. The van der Waals surface area contributed by atoms with Crippen LogP contribution in [-0.4, -0.2) is 23.8 Å². The number of nitrogen functional groups attached to an aromatic ring is 1. The molecule has 110 valence electrons. The molecule has 1 heterocycles. The van der Waals surface area contributed by atoms with E-state index in [1.54, 1.807) is 12.1 Å². The number of halogens is 1. The van der Waals surface area contributed by atoms with Crippen molar-refractivity contribution in [3.8, 4) is 0 Å². The van der Waals surface area contributed by atoms with E-state index in [-0.39, 0.29) is 11.7 Å². The molecule has 4 heteroatoms. The molecule has 1 aliphatic rings. The van der Waals surface area contributed by atoms with Gasteiger partial charge in [-0.2, -0.15) is 0 Å². The second kappa shape index (κ2) is 6.84. The summed E-state index contributed by atoms with van der Waals surface area (Å²) in [5.41, 5.74) is 6.52. The quantitative estimate of drug-likeness (QED) is 0.642. The van der Waals surface area contributed by atoms with Crippen LogP contribution in [0.15, 0.2) is 18.2 Å². The maximum Gasteiger partial charge on any atom is 0.128 e. The number of hydrogen-bond acceptors (Lipinski definition) is 2. The highest BCUT2D eigenvalue weighted by Crippen LogP contribution is 2.23. The minimum Gasteiger partial charge on any atom is -0.384 e. The smallest absolute Gasteiger partial charge is 0.128 e. The number of likely N-dealkylation sites (tertiary alicyclic amines) is 1. The van der Waals surface area contributed by atoms with Gasteiger partial charge in [-0.3, -0.25) is 10.3 Å². The molecule has 3 nitrogen and oxygen atoms in total. The van der Waals surface area contributed by atoms with Crippen LogP contribution in [-0.2, 0) is 6.54 Å². The summed E-state index contributed by atoms with van der Waals surface area (Å²) in [6.45, 7) is 5.00. The molecule has 0 unspecified atom stereocenters. The van der Waals surface area contributed by atoms with Crippen molar-refractivity contribution in [3.05, 3.63) is 35.1 Å². The van der Waals surface area contributed by atoms with Crippen molar-refractivity contribution in [2.24, 2.45) is 11.7 Å². The molecule has 2 rings (SSSR count). The molecule has 0 aromatic heterocycles. The van der Waals surface area contributed by atoms with E-state index < -0.39 is 0 Å². The van der Waals surface area contributed by atoms with Crippen molar-refractivity contribution in [3.63, 3.8) is 0 Å². The Balaban J connectivity index is 1.93. The first-order chi connectivity index (χ1) is 9.60. The highest BCUT2D eigenvalue weighted by atomic mass is 19.1. The number of benzene rings is 1. The van der Waals surface area contributed by atoms with Crippen LogP contribution in [0.25, 0.3) is 0 Å². The van der Waals surface area contributed by atoms with Crippen molar-refractivity contribution >= 4 is 5.84 Å². The third-order valence-electron chi connectivity index (χ3n) is 4.16. The molecule has 20 heavy (non-hydrogen) atoms. The number of nitrogens with two attached hydrogens (primary N) is 1. The van der Waals surface area contributed by atoms with Gasteiger partial charge >= 0.3 is 0 Å². The fraction of sp³-hybridized carbons (Fsp3) is 0.562. The minimum absolute atomic E-state index is 0.0872. The number of rotatable bonds is 5. The fourth-order valence-corrected chi connectivity index (χ4v) is 2.93. The van der Waals surface area contributed by atoms with Gasteiger partial charge in [0.2, 0.25) is 0 Å². The van der Waals surface area contributed by atoms with Crippen molar-refractivity contribution in [2.45, 2.75) is 39.2 Å². The zero-order valence-electron chi connectivity index (χ0n) is 12.2. The molecule has 0 saturated carbocycles. The van der Waals surface area contributed by atoms with Crippen molar-refractivity contribution in [1.29, 1.82) is 5.41 Å². The molecule has 0 aliphatic carbocycles. The van der Waals surface area contributed by atoms with Gasteiger partial charge in [-0.1, -0.05) is 31.9 Å². The third kappa shape index (κ3) is 3.79. The number of amidine groups is 1. The molecular weight excluding hydrogens is 253 g/mol. The highest BCUT2D eigenvalue weighted by Gasteiger charge is 2.19. The van der Waals surface area contributed by atoms with Crippen LogP contribution in [0.5, 0.6) is 0 Å². The van der Waals surface area contributed by atoms with Gasteiger partial charge in [0.1, 0.15) is 11.7 Å². The third-order valence-corrected chi connectivity index (χ3v) is 4.16. The van der Waals surface area contributed by atoms with E-state index in [0.29, 0.717) is 17.7 Å². The Hall–Kier alpha value is -1.42. The molecule has 0 radical (unpaired) electrons. The van der Waals surface area contributed by atoms with E-state index in [2.05, 4.69) is 11.8 Å². The lowest BCUT2D eigenvalue weighted by molar-refractivity contribution is 0.170. The predicted molar refractivity (Wildman–Crippen MR) is 80.3 cm³/mol. The molecule has 1 aromatic rings. The number of piperidine rings is 1. The maximum atomic E-state index is 14.0. The van der Waals surface area contributed by atoms with Gasteiger partial charge in [-0.05, 0) is 37.9 Å². The first-order valence-corrected chi connectivity index (χ1v) is 7.45. The van der Waals surface area contributed by atoms with Gasteiger partial charge in [0.15, 0.2) is 0 Å². The van der Waals surface area contributed by atoms with Crippen LogP contribution >= 0.6 is 0 Å². The Morgan fingerprint density at radius 2 is 2.10 bits per heavy atom. The van der Waals surface area contributed by atoms with E-state index in [4.69, 9.17) is 11.1 Å². The van der Waals surface area contributed by atoms with E-state index >= 15 is 0 Å². The number of hydrogen-bond donors (Lipinski definition) is 2. The summed E-state index contributed by atoms with van der Waals surface area (Å²) in [5, 5.41) is 7.32. The van der Waals surface area contributed by atoms with Crippen LogP contribution in [0.3, 0.4) is 0 Å². The van der Waals surface area contributed by atoms with Gasteiger partial charge < -0.3 is 5.73 Å². The van der Waals surface area contributed by atoms with Crippen molar-refractivity contribution in [2.75, 3.05) is 13.1 Å². The summed E-state index contributed by atoms with van der Waals surface area (Å²) in [6, 6.07) is 4.84. The summed E-state index contributed by atoms with van der Waals surface area (Å²) in [7, 11) is 0. The summed E-state index contributed by atoms with van der Waals surface area (Å²) >= 11 is 0. The SMILES string of the molecule is CCCC1CCN(Cc2ccc(C(=N)N)cc2F)CC1. The molecule has 1 saturated heterocycles. The number of nitrogens with one attached hydrogen (secondary N) is 1. The Morgan fingerprint density at radius 3 is 2.65 bits per heavy atom. The van der Waals surface area contributed by atoms with Crippen LogP contribution in [0.1, 0.15) is 43.7 Å². The van der Waals surface area contributed by atoms with Gasteiger partial charge in [0.25, 0.3) is 0 Å². The second-order valence-electron chi connectivity index (χ2n) is 5.73. The van der Waals surface area contributed by atoms with Gasteiger partial charge in [0.05, 0.1) is 0 Å². The zero-order valence-corrected chi connectivity index (χ0v) is 12.2. The number of nitrogens with zero attached hydrogens (tertiary/aromatic N) is 1. The lowest BCUT2D eigenvalue weighted by Gasteiger charge is -2.32. The Bertz CT molecular complexity index is 465. The minimum atomic E-state index is -0.256. The van der Waals surface area contributed by atoms with E-state index in [1.165, 1.54) is 31.7 Å². The average molecular weight is 277 g/mol. The Kier molecular flexibility index (Phi) is 5.12. The molecule has 0 spiro atoms. The highest BCUT2D eigenvalue weighted by molar-refractivity contribution is 5.94. The molecular formula is C16H24FN3. The maximum absolute atomic E-state index is 14.0. The molecule has 0 atom stereocenters. The van der Waals surface area contributed by atoms with Crippen LogP contribution in [0, 0.1) is 17.1 Å². The Morgan fingerprint density at radius 1 is 1.40 bits per heavy atom. The van der Waals surface area contributed by atoms with Gasteiger partial charge in [-0.15, -0.1) is 0 Å². The fourth-order valence-electron chi connectivity index (χ4n) is 2.93. The summed E-state index contributed by atoms with van der Waals surface area (Å²) in [6.07, 6.45) is 5.02. The van der Waals surface area contributed by atoms with Crippen molar-refractivity contribution < 1.29 is 4.39 Å². The van der Waals surface area contributed by atoms with Gasteiger partial charge in [-0.25, -0.2) is 4.39 Å². The summed E-state index contributed by atoms with van der Waals surface area (Å²) in [5.74, 6) is 0.505. The molecule has 3 N–H and O–H groups in total. The predicted octanol–water partition coefficient (Wildman–Crippen LogP) is 3.12. The summed E-state index contributed by atoms with van der Waals surface area (Å²) in [4.78, 5) is 2.32. The average Bonchev–Trinajstić information content (AvgIpc) is 2.43. The van der Waals surface area contributed by atoms with Crippen LogP contribution < -0.4 is 5.73 Å².